The van der Waals surface area contributed by atoms with Crippen molar-refractivity contribution in [3.05, 3.63) is 29.8 Å². The number of benzene rings is 1. The Morgan fingerprint density at radius 3 is 2.40 bits per heavy atom. The van der Waals surface area contributed by atoms with E-state index in [0.717, 1.165) is 5.56 Å². The Labute approximate surface area is 96.0 Å². The first-order valence-corrected chi connectivity index (χ1v) is 6.67. The molecule has 0 atom stereocenters. The molecule has 84 valence electrons. The van der Waals surface area contributed by atoms with Gasteiger partial charge in [0.15, 0.2) is 0 Å². The van der Waals surface area contributed by atoms with Crippen molar-refractivity contribution in [2.24, 2.45) is 0 Å². The van der Waals surface area contributed by atoms with Crippen LogP contribution in [0.2, 0.25) is 0 Å². The SMILES string of the molecule is Cc1ccc(S(=O)(=O)OCCCS)cc1. The summed E-state index contributed by atoms with van der Waals surface area (Å²) in [7, 11) is -3.58. The van der Waals surface area contributed by atoms with Crippen LogP contribution in [0.3, 0.4) is 0 Å². The zero-order valence-corrected chi connectivity index (χ0v) is 10.2. The van der Waals surface area contributed by atoms with Gasteiger partial charge >= 0.3 is 0 Å². The maximum Gasteiger partial charge on any atom is 0.296 e. The van der Waals surface area contributed by atoms with Crippen molar-refractivity contribution in [2.75, 3.05) is 12.4 Å². The van der Waals surface area contributed by atoms with E-state index in [2.05, 4.69) is 12.6 Å². The van der Waals surface area contributed by atoms with Crippen LogP contribution in [-0.2, 0) is 14.3 Å². The van der Waals surface area contributed by atoms with Gasteiger partial charge in [-0.05, 0) is 31.2 Å². The summed E-state index contributed by atoms with van der Waals surface area (Å²) < 4.78 is 28.0. The van der Waals surface area contributed by atoms with Gasteiger partial charge in [0.2, 0.25) is 0 Å². The van der Waals surface area contributed by atoms with E-state index in [1.807, 2.05) is 6.92 Å². The minimum atomic E-state index is -3.58. The zero-order chi connectivity index (χ0) is 11.3. The second-order valence-corrected chi connectivity index (χ2v) is 5.23. The molecule has 0 heterocycles. The highest BCUT2D eigenvalue weighted by molar-refractivity contribution is 7.86. The number of hydrogen-bond donors (Lipinski definition) is 1. The molecule has 5 heteroatoms. The van der Waals surface area contributed by atoms with Gasteiger partial charge in [-0.15, -0.1) is 0 Å². The average molecular weight is 246 g/mol. The highest BCUT2D eigenvalue weighted by atomic mass is 32.2. The number of rotatable bonds is 5. The molecule has 0 saturated carbocycles. The third-order valence-electron chi connectivity index (χ3n) is 1.85. The van der Waals surface area contributed by atoms with Gasteiger partial charge in [0.1, 0.15) is 0 Å². The summed E-state index contributed by atoms with van der Waals surface area (Å²) in [5, 5.41) is 0. The highest BCUT2D eigenvalue weighted by Crippen LogP contribution is 2.13. The van der Waals surface area contributed by atoms with Crippen molar-refractivity contribution in [1.82, 2.24) is 0 Å². The Bertz CT molecular complexity index is 395. The van der Waals surface area contributed by atoms with E-state index in [4.69, 9.17) is 4.18 Å². The Morgan fingerprint density at radius 1 is 1.27 bits per heavy atom. The van der Waals surface area contributed by atoms with Crippen LogP contribution in [0.4, 0.5) is 0 Å². The van der Waals surface area contributed by atoms with Crippen LogP contribution in [0.15, 0.2) is 29.2 Å². The Kier molecular flexibility index (Phi) is 4.63. The lowest BCUT2D eigenvalue weighted by Gasteiger charge is -2.04. The third kappa shape index (κ3) is 3.85. The van der Waals surface area contributed by atoms with E-state index in [-0.39, 0.29) is 11.5 Å². The average Bonchev–Trinajstić information content (AvgIpc) is 2.18. The van der Waals surface area contributed by atoms with E-state index in [0.29, 0.717) is 12.2 Å². The standard InChI is InChI=1S/C10H14O3S2/c1-9-3-5-10(6-4-9)15(11,12)13-7-2-8-14/h3-6,14H,2,7-8H2,1H3. The second kappa shape index (κ2) is 5.53. The van der Waals surface area contributed by atoms with Crippen molar-refractivity contribution in [3.63, 3.8) is 0 Å². The smallest absolute Gasteiger partial charge is 0.266 e. The van der Waals surface area contributed by atoms with E-state index in [1.165, 1.54) is 0 Å². The molecule has 0 bridgehead atoms. The summed E-state index contributed by atoms with van der Waals surface area (Å²) >= 11 is 3.98. The lowest BCUT2D eigenvalue weighted by Crippen LogP contribution is -2.07. The van der Waals surface area contributed by atoms with Gasteiger partial charge in [-0.2, -0.15) is 21.0 Å². The topological polar surface area (TPSA) is 43.4 Å². The van der Waals surface area contributed by atoms with E-state index < -0.39 is 10.1 Å². The summed E-state index contributed by atoms with van der Waals surface area (Å²) in [6.07, 6.45) is 0.619. The monoisotopic (exact) mass is 246 g/mol. The predicted octanol–water partition coefficient (Wildman–Crippen LogP) is 2.02. The summed E-state index contributed by atoms with van der Waals surface area (Å²) in [6, 6.07) is 6.58. The van der Waals surface area contributed by atoms with Gasteiger partial charge in [0, 0.05) is 0 Å². The normalized spacial score (nSPS) is 11.6. The fraction of sp³-hybridized carbons (Fsp3) is 0.400. The molecular weight excluding hydrogens is 232 g/mol. The molecular formula is C10H14O3S2. The number of aryl methyl sites for hydroxylation is 1. The minimum absolute atomic E-state index is 0.180. The minimum Gasteiger partial charge on any atom is -0.266 e. The van der Waals surface area contributed by atoms with Crippen molar-refractivity contribution < 1.29 is 12.6 Å². The summed E-state index contributed by atoms with van der Waals surface area (Å²) in [5.74, 6) is 0.615. The lowest BCUT2D eigenvalue weighted by atomic mass is 10.2. The Hall–Kier alpha value is -0.520. The van der Waals surface area contributed by atoms with Crippen LogP contribution in [0, 0.1) is 6.92 Å². The number of thiol groups is 1. The van der Waals surface area contributed by atoms with E-state index in [1.54, 1.807) is 24.3 Å². The quantitative estimate of drug-likeness (QED) is 0.491. The molecule has 0 aliphatic heterocycles. The number of hydrogen-bond acceptors (Lipinski definition) is 4. The summed E-state index contributed by atoms with van der Waals surface area (Å²) in [4.78, 5) is 0.201. The molecule has 1 aromatic rings. The molecule has 0 aromatic heterocycles. The van der Waals surface area contributed by atoms with Crippen molar-refractivity contribution in [1.29, 1.82) is 0 Å². The van der Waals surface area contributed by atoms with Crippen LogP contribution in [-0.4, -0.2) is 20.8 Å². The lowest BCUT2D eigenvalue weighted by molar-refractivity contribution is 0.319. The fourth-order valence-corrected chi connectivity index (χ4v) is 2.08. The molecule has 0 aliphatic carbocycles. The van der Waals surface area contributed by atoms with Gasteiger partial charge < -0.3 is 0 Å². The van der Waals surface area contributed by atoms with Crippen LogP contribution in [0.1, 0.15) is 12.0 Å². The van der Waals surface area contributed by atoms with Crippen LogP contribution >= 0.6 is 12.6 Å². The van der Waals surface area contributed by atoms with Crippen molar-refractivity contribution >= 4 is 22.7 Å². The molecule has 0 aliphatic rings. The third-order valence-corrected chi connectivity index (χ3v) is 3.49. The molecule has 0 fully saturated rings. The van der Waals surface area contributed by atoms with Crippen molar-refractivity contribution in [3.8, 4) is 0 Å². The Morgan fingerprint density at radius 2 is 1.87 bits per heavy atom. The van der Waals surface area contributed by atoms with Gasteiger partial charge in [-0.25, -0.2) is 0 Å². The zero-order valence-electron chi connectivity index (χ0n) is 8.51. The van der Waals surface area contributed by atoms with Gasteiger partial charge in [0.25, 0.3) is 10.1 Å². The molecule has 0 radical (unpaired) electrons. The van der Waals surface area contributed by atoms with E-state index in [9.17, 15) is 8.42 Å². The van der Waals surface area contributed by atoms with E-state index >= 15 is 0 Å². The molecule has 1 aromatic carbocycles. The summed E-state index contributed by atoms with van der Waals surface area (Å²) in [6.45, 7) is 2.08. The van der Waals surface area contributed by atoms with Gasteiger partial charge in [-0.3, -0.25) is 4.18 Å². The molecule has 0 amide bonds. The first-order chi connectivity index (χ1) is 7.06. The Balaban J connectivity index is 2.73. The first kappa shape index (κ1) is 12.5. The fourth-order valence-electron chi connectivity index (χ4n) is 1.01. The molecule has 3 nitrogen and oxygen atoms in total. The van der Waals surface area contributed by atoms with Crippen molar-refractivity contribution in [2.45, 2.75) is 18.2 Å². The maximum absolute atomic E-state index is 11.6. The molecule has 0 saturated heterocycles. The first-order valence-electron chi connectivity index (χ1n) is 4.63. The summed E-state index contributed by atoms with van der Waals surface area (Å²) in [5.41, 5.74) is 1.02. The molecule has 0 unspecified atom stereocenters. The molecule has 0 spiro atoms. The molecule has 15 heavy (non-hydrogen) atoms. The largest absolute Gasteiger partial charge is 0.296 e. The van der Waals surface area contributed by atoms with Crippen LogP contribution in [0.5, 0.6) is 0 Å². The van der Waals surface area contributed by atoms with Crippen LogP contribution < -0.4 is 0 Å². The highest BCUT2D eigenvalue weighted by Gasteiger charge is 2.13. The maximum atomic E-state index is 11.6. The van der Waals surface area contributed by atoms with Crippen LogP contribution in [0.25, 0.3) is 0 Å². The van der Waals surface area contributed by atoms with Gasteiger partial charge in [-0.1, -0.05) is 17.7 Å². The van der Waals surface area contributed by atoms with Gasteiger partial charge in [0.05, 0.1) is 11.5 Å². The predicted molar refractivity (Wildman–Crippen MR) is 62.8 cm³/mol. The second-order valence-electron chi connectivity index (χ2n) is 3.17. The molecule has 1 rings (SSSR count). The molecule has 0 N–H and O–H groups in total.